The Bertz CT molecular complexity index is 369. The lowest BCUT2D eigenvalue weighted by atomic mass is 9.79. The summed E-state index contributed by atoms with van der Waals surface area (Å²) in [5.41, 5.74) is 0. The number of piperidine rings is 1. The van der Waals surface area contributed by atoms with Crippen LogP contribution >= 0.6 is 12.4 Å². The first-order chi connectivity index (χ1) is 9.33. The van der Waals surface area contributed by atoms with Gasteiger partial charge in [0.1, 0.15) is 0 Å². The maximum atomic E-state index is 12.4. The van der Waals surface area contributed by atoms with Crippen molar-refractivity contribution in [3.05, 3.63) is 0 Å². The van der Waals surface area contributed by atoms with Gasteiger partial charge in [0.2, 0.25) is 5.91 Å². The molecule has 1 aliphatic heterocycles. The molecule has 4 aliphatic rings. The van der Waals surface area contributed by atoms with Gasteiger partial charge < -0.3 is 10.6 Å². The van der Waals surface area contributed by atoms with Gasteiger partial charge in [-0.3, -0.25) is 4.79 Å². The Morgan fingerprint density at radius 1 is 1.00 bits per heavy atom. The molecule has 20 heavy (non-hydrogen) atoms. The molecule has 0 spiro atoms. The van der Waals surface area contributed by atoms with Gasteiger partial charge in [-0.05, 0) is 68.7 Å². The van der Waals surface area contributed by atoms with Gasteiger partial charge in [-0.25, -0.2) is 0 Å². The molecule has 2 N–H and O–H groups in total. The minimum Gasteiger partial charge on any atom is -0.353 e. The summed E-state index contributed by atoms with van der Waals surface area (Å²) >= 11 is 0. The average molecular weight is 299 g/mol. The largest absolute Gasteiger partial charge is 0.353 e. The van der Waals surface area contributed by atoms with Crippen molar-refractivity contribution in [3.8, 4) is 0 Å². The summed E-state index contributed by atoms with van der Waals surface area (Å²) in [5, 5.41) is 6.76. The van der Waals surface area contributed by atoms with Crippen LogP contribution in [0.15, 0.2) is 0 Å². The van der Waals surface area contributed by atoms with Gasteiger partial charge in [0.15, 0.2) is 0 Å². The van der Waals surface area contributed by atoms with Gasteiger partial charge in [0, 0.05) is 12.6 Å². The summed E-state index contributed by atoms with van der Waals surface area (Å²) in [7, 11) is 0. The van der Waals surface area contributed by atoms with E-state index in [0.29, 0.717) is 11.9 Å². The highest BCUT2D eigenvalue weighted by Crippen LogP contribution is 2.58. The van der Waals surface area contributed by atoms with Gasteiger partial charge in [0.25, 0.3) is 0 Å². The first kappa shape index (κ1) is 14.6. The van der Waals surface area contributed by atoms with E-state index in [4.69, 9.17) is 0 Å². The lowest BCUT2D eigenvalue weighted by Gasteiger charge is -2.33. The lowest BCUT2D eigenvalue weighted by molar-refractivity contribution is -0.126. The standard InChI is InChI=1S/C16H26N2O.ClH/c19-16(10-3-2-6-17-9-10)18-15-8-11-7-14(15)13-5-1-4-12(11)13;/h10-15,17H,1-9H2,(H,18,19);1H/t10-,11?,12?,13?,14?,15?;/m1./s1. The van der Waals surface area contributed by atoms with E-state index < -0.39 is 0 Å². The zero-order valence-corrected chi connectivity index (χ0v) is 13.0. The van der Waals surface area contributed by atoms with Crippen LogP contribution in [0.3, 0.4) is 0 Å². The summed E-state index contributed by atoms with van der Waals surface area (Å²) in [6.07, 6.45) is 9.25. The summed E-state index contributed by atoms with van der Waals surface area (Å²) < 4.78 is 0. The number of hydrogen-bond acceptors (Lipinski definition) is 2. The fraction of sp³-hybridized carbons (Fsp3) is 0.938. The smallest absolute Gasteiger partial charge is 0.224 e. The van der Waals surface area contributed by atoms with Crippen LogP contribution in [0, 0.1) is 29.6 Å². The molecule has 1 heterocycles. The highest BCUT2D eigenvalue weighted by molar-refractivity contribution is 5.85. The van der Waals surface area contributed by atoms with E-state index in [1.165, 1.54) is 32.1 Å². The summed E-state index contributed by atoms with van der Waals surface area (Å²) in [5.74, 6) is 4.29. The van der Waals surface area contributed by atoms with E-state index in [1.54, 1.807) is 0 Å². The van der Waals surface area contributed by atoms with E-state index in [2.05, 4.69) is 10.6 Å². The molecule has 6 atom stereocenters. The minimum absolute atomic E-state index is 0. The Kier molecular flexibility index (Phi) is 4.28. The molecule has 2 bridgehead atoms. The molecule has 5 unspecified atom stereocenters. The second-order valence-corrected chi connectivity index (χ2v) is 7.31. The van der Waals surface area contributed by atoms with Crippen molar-refractivity contribution in [3.63, 3.8) is 0 Å². The second kappa shape index (κ2) is 5.84. The molecule has 4 fully saturated rings. The molecule has 3 aliphatic carbocycles. The van der Waals surface area contributed by atoms with E-state index in [-0.39, 0.29) is 18.3 Å². The number of fused-ring (bicyclic) bond motifs is 5. The zero-order valence-electron chi connectivity index (χ0n) is 12.1. The number of rotatable bonds is 2. The van der Waals surface area contributed by atoms with Crippen molar-refractivity contribution in [1.29, 1.82) is 0 Å². The summed E-state index contributed by atoms with van der Waals surface area (Å²) in [4.78, 5) is 12.4. The van der Waals surface area contributed by atoms with Crippen molar-refractivity contribution < 1.29 is 4.79 Å². The molecular formula is C16H27ClN2O. The number of nitrogens with one attached hydrogen (secondary N) is 2. The second-order valence-electron chi connectivity index (χ2n) is 7.31. The predicted octanol–water partition coefficient (Wildman–Crippen LogP) is 2.35. The predicted molar refractivity (Wildman–Crippen MR) is 81.8 cm³/mol. The normalized spacial score (nSPS) is 45.8. The molecule has 0 aromatic rings. The Hall–Kier alpha value is -0.280. The lowest BCUT2D eigenvalue weighted by Crippen LogP contribution is -2.47. The maximum Gasteiger partial charge on any atom is 0.224 e. The molecule has 1 saturated heterocycles. The molecule has 3 nitrogen and oxygen atoms in total. The van der Waals surface area contributed by atoms with Crippen LogP contribution in [-0.4, -0.2) is 25.0 Å². The van der Waals surface area contributed by atoms with E-state index >= 15 is 0 Å². The molecule has 0 radical (unpaired) electrons. The van der Waals surface area contributed by atoms with Crippen molar-refractivity contribution in [2.75, 3.05) is 13.1 Å². The Balaban J connectivity index is 0.00000121. The third-order valence-corrected chi connectivity index (χ3v) is 6.42. The van der Waals surface area contributed by atoms with Crippen LogP contribution in [-0.2, 0) is 4.79 Å². The molecule has 4 rings (SSSR count). The van der Waals surface area contributed by atoms with Crippen LogP contribution in [0.25, 0.3) is 0 Å². The topological polar surface area (TPSA) is 41.1 Å². The van der Waals surface area contributed by atoms with Gasteiger partial charge >= 0.3 is 0 Å². The summed E-state index contributed by atoms with van der Waals surface area (Å²) in [6, 6.07) is 0.513. The van der Waals surface area contributed by atoms with E-state index in [1.807, 2.05) is 0 Å². The molecule has 4 heteroatoms. The molecular weight excluding hydrogens is 272 g/mol. The van der Waals surface area contributed by atoms with Crippen LogP contribution in [0.2, 0.25) is 0 Å². The fourth-order valence-corrected chi connectivity index (χ4v) is 5.61. The highest BCUT2D eigenvalue weighted by Gasteiger charge is 2.54. The Labute approximate surface area is 128 Å². The van der Waals surface area contributed by atoms with Crippen LogP contribution in [0.1, 0.15) is 44.9 Å². The number of hydrogen-bond donors (Lipinski definition) is 2. The average Bonchev–Trinajstić information content (AvgIpc) is 3.11. The summed E-state index contributed by atoms with van der Waals surface area (Å²) in [6.45, 7) is 1.97. The van der Waals surface area contributed by atoms with Crippen LogP contribution < -0.4 is 10.6 Å². The van der Waals surface area contributed by atoms with E-state index in [0.717, 1.165) is 49.6 Å². The molecule has 3 saturated carbocycles. The van der Waals surface area contributed by atoms with E-state index in [9.17, 15) is 4.79 Å². The van der Waals surface area contributed by atoms with Gasteiger partial charge in [-0.2, -0.15) is 0 Å². The van der Waals surface area contributed by atoms with Gasteiger partial charge in [0.05, 0.1) is 5.92 Å². The molecule has 1 amide bonds. The SMILES string of the molecule is Cl.O=C(NC1CC2CC1C1CCCC21)[C@@H]1CCCNC1. The first-order valence-electron chi connectivity index (χ1n) is 8.34. The van der Waals surface area contributed by atoms with Crippen molar-refractivity contribution in [2.24, 2.45) is 29.6 Å². The van der Waals surface area contributed by atoms with Crippen molar-refractivity contribution >= 4 is 18.3 Å². The zero-order chi connectivity index (χ0) is 12.8. The van der Waals surface area contributed by atoms with Gasteiger partial charge in [-0.1, -0.05) is 6.42 Å². The fourth-order valence-electron chi connectivity index (χ4n) is 5.61. The maximum absolute atomic E-state index is 12.4. The monoisotopic (exact) mass is 298 g/mol. The first-order valence-corrected chi connectivity index (χ1v) is 8.34. The number of halogens is 1. The molecule has 0 aromatic carbocycles. The van der Waals surface area contributed by atoms with Crippen molar-refractivity contribution in [1.82, 2.24) is 10.6 Å². The third kappa shape index (κ3) is 2.37. The Morgan fingerprint density at radius 2 is 1.85 bits per heavy atom. The van der Waals surface area contributed by atoms with Crippen LogP contribution in [0.5, 0.6) is 0 Å². The van der Waals surface area contributed by atoms with Gasteiger partial charge in [-0.15, -0.1) is 12.4 Å². The highest BCUT2D eigenvalue weighted by atomic mass is 35.5. The molecule has 0 aromatic heterocycles. The van der Waals surface area contributed by atoms with Crippen molar-refractivity contribution in [2.45, 2.75) is 51.0 Å². The number of carbonyl (C=O) groups excluding carboxylic acids is 1. The third-order valence-electron chi connectivity index (χ3n) is 6.42. The van der Waals surface area contributed by atoms with Crippen LogP contribution in [0.4, 0.5) is 0 Å². The number of amides is 1. The quantitative estimate of drug-likeness (QED) is 0.822. The molecule has 114 valence electrons. The Morgan fingerprint density at radius 3 is 2.65 bits per heavy atom. The minimum atomic E-state index is 0. The number of carbonyl (C=O) groups is 1.